The van der Waals surface area contributed by atoms with Crippen LogP contribution < -0.4 is 5.56 Å². The van der Waals surface area contributed by atoms with Crippen molar-refractivity contribution in [1.82, 2.24) is 29.3 Å². The lowest BCUT2D eigenvalue weighted by Gasteiger charge is -2.38. The maximum absolute atomic E-state index is 13.8. The van der Waals surface area contributed by atoms with Crippen LogP contribution in [0.25, 0.3) is 11.5 Å². The van der Waals surface area contributed by atoms with E-state index >= 15 is 0 Å². The normalized spacial score (nSPS) is 23.5. The average molecular weight is 388 g/mol. The highest BCUT2D eigenvalue weighted by molar-refractivity contribution is 5.96. The summed E-state index contributed by atoms with van der Waals surface area (Å²) >= 11 is 0. The number of nitrogens with one attached hydrogen (secondary N) is 1. The highest BCUT2D eigenvalue weighted by atomic mass is 19.3. The third-order valence-electron chi connectivity index (χ3n) is 5.75. The molecule has 10 heteroatoms. The first-order valence-electron chi connectivity index (χ1n) is 9.17. The summed E-state index contributed by atoms with van der Waals surface area (Å²) in [6.45, 7) is 1.69. The minimum absolute atomic E-state index is 0.179. The van der Waals surface area contributed by atoms with Crippen LogP contribution in [-0.2, 0) is 0 Å². The standard InChI is InChI=1S/C18H18F2N6O2/c1-10-13(16(28)25-11-4-5-12(25)8-18(19,20)7-11)9-21-26(10)17-22-15(27)14-3-2-6-24(14)23-17/h2-3,6,9,11-12H,4-5,7-8H2,1H3,(H,22,23,27). The Morgan fingerprint density at radius 3 is 2.71 bits per heavy atom. The molecule has 0 aromatic carbocycles. The number of halogens is 2. The lowest BCUT2D eigenvalue weighted by atomic mass is 9.98. The third-order valence-corrected chi connectivity index (χ3v) is 5.75. The molecule has 2 saturated heterocycles. The summed E-state index contributed by atoms with van der Waals surface area (Å²) in [4.78, 5) is 29.5. The van der Waals surface area contributed by atoms with Crippen molar-refractivity contribution in [3.8, 4) is 5.95 Å². The molecule has 0 radical (unpaired) electrons. The largest absolute Gasteiger partial charge is 0.332 e. The molecule has 5 rings (SSSR count). The van der Waals surface area contributed by atoms with Gasteiger partial charge >= 0.3 is 0 Å². The summed E-state index contributed by atoms with van der Waals surface area (Å²) in [5, 5.41) is 8.52. The van der Waals surface area contributed by atoms with E-state index in [-0.39, 0.29) is 30.3 Å². The Morgan fingerprint density at radius 1 is 1.29 bits per heavy atom. The number of nitrogens with zero attached hydrogens (tertiary/aromatic N) is 5. The second kappa shape index (κ2) is 5.73. The summed E-state index contributed by atoms with van der Waals surface area (Å²) in [5.41, 5.74) is 0.901. The fourth-order valence-electron chi connectivity index (χ4n) is 4.47. The average Bonchev–Trinajstić information content (AvgIpc) is 3.31. The Bertz CT molecular complexity index is 1130. The van der Waals surface area contributed by atoms with Crippen LogP contribution >= 0.6 is 0 Å². The first-order valence-corrected chi connectivity index (χ1v) is 9.17. The number of carbonyl (C=O) groups excluding carboxylic acids is 1. The second-order valence-corrected chi connectivity index (χ2v) is 7.53. The Hall–Kier alpha value is -3.04. The van der Waals surface area contributed by atoms with Crippen LogP contribution in [-0.4, -0.2) is 53.2 Å². The van der Waals surface area contributed by atoms with E-state index in [1.807, 2.05) is 0 Å². The number of piperidine rings is 1. The number of hydrogen-bond acceptors (Lipinski definition) is 4. The van der Waals surface area contributed by atoms with E-state index in [4.69, 9.17) is 0 Å². The molecule has 5 heterocycles. The molecule has 28 heavy (non-hydrogen) atoms. The molecule has 0 saturated carbocycles. The number of alkyl halides is 2. The molecule has 2 unspecified atom stereocenters. The van der Waals surface area contributed by atoms with Gasteiger partial charge in [0, 0.05) is 31.1 Å². The van der Waals surface area contributed by atoms with E-state index in [1.54, 1.807) is 30.2 Å². The van der Waals surface area contributed by atoms with Crippen LogP contribution in [0.15, 0.2) is 29.3 Å². The first-order chi connectivity index (χ1) is 13.3. The van der Waals surface area contributed by atoms with Crippen LogP contribution in [0.1, 0.15) is 41.7 Å². The van der Waals surface area contributed by atoms with Gasteiger partial charge in [0.15, 0.2) is 0 Å². The molecule has 2 aliphatic heterocycles. The predicted octanol–water partition coefficient (Wildman–Crippen LogP) is 1.92. The third kappa shape index (κ3) is 2.47. The summed E-state index contributed by atoms with van der Waals surface area (Å²) in [6.07, 6.45) is 3.66. The first kappa shape index (κ1) is 17.1. The Balaban J connectivity index is 1.50. The highest BCUT2D eigenvalue weighted by Gasteiger charge is 2.51. The molecule has 2 fully saturated rings. The van der Waals surface area contributed by atoms with E-state index in [0.29, 0.717) is 29.6 Å². The number of aromatic amines is 1. The highest BCUT2D eigenvalue weighted by Crippen LogP contribution is 2.44. The van der Waals surface area contributed by atoms with Crippen LogP contribution in [0.5, 0.6) is 0 Å². The van der Waals surface area contributed by atoms with Crippen LogP contribution in [0.3, 0.4) is 0 Å². The molecule has 1 N–H and O–H groups in total. The summed E-state index contributed by atoms with van der Waals surface area (Å²) < 4.78 is 30.5. The lowest BCUT2D eigenvalue weighted by molar-refractivity contribution is -0.0735. The van der Waals surface area contributed by atoms with Crippen molar-refractivity contribution < 1.29 is 13.6 Å². The molecule has 8 nitrogen and oxygen atoms in total. The zero-order valence-corrected chi connectivity index (χ0v) is 15.1. The number of rotatable bonds is 2. The van der Waals surface area contributed by atoms with E-state index in [2.05, 4.69) is 15.2 Å². The van der Waals surface area contributed by atoms with Gasteiger partial charge in [-0.3, -0.25) is 14.6 Å². The van der Waals surface area contributed by atoms with E-state index in [1.165, 1.54) is 15.4 Å². The van der Waals surface area contributed by atoms with E-state index in [0.717, 1.165) is 0 Å². The minimum atomic E-state index is -2.71. The maximum Gasteiger partial charge on any atom is 0.276 e. The molecule has 0 spiro atoms. The van der Waals surface area contributed by atoms with Gasteiger partial charge in [-0.15, -0.1) is 5.10 Å². The molecule has 1 amide bonds. The van der Waals surface area contributed by atoms with Crippen molar-refractivity contribution >= 4 is 11.4 Å². The summed E-state index contributed by atoms with van der Waals surface area (Å²) in [5.74, 6) is -2.83. The van der Waals surface area contributed by atoms with E-state index < -0.39 is 18.0 Å². The maximum atomic E-state index is 13.8. The Morgan fingerprint density at radius 2 is 2.00 bits per heavy atom. The topological polar surface area (TPSA) is 88.3 Å². The molecular formula is C18H18F2N6O2. The van der Waals surface area contributed by atoms with Crippen molar-refractivity contribution in [3.63, 3.8) is 0 Å². The summed E-state index contributed by atoms with van der Waals surface area (Å²) in [7, 11) is 0. The number of fused-ring (bicyclic) bond motifs is 3. The number of H-pyrrole nitrogens is 1. The van der Waals surface area contributed by atoms with Gasteiger partial charge in [0.1, 0.15) is 5.52 Å². The molecule has 2 bridgehead atoms. The van der Waals surface area contributed by atoms with E-state index in [9.17, 15) is 18.4 Å². The SMILES string of the molecule is Cc1c(C(=O)N2C3CCC2CC(F)(F)C3)cnn1-c1nn2cccc2c(=O)[nH]1. The van der Waals surface area contributed by atoms with Crippen molar-refractivity contribution in [2.45, 2.75) is 50.6 Å². The zero-order valence-electron chi connectivity index (χ0n) is 15.1. The predicted molar refractivity (Wildman–Crippen MR) is 94.8 cm³/mol. The van der Waals surface area contributed by atoms with Gasteiger partial charge in [0.2, 0.25) is 5.95 Å². The van der Waals surface area contributed by atoms with Crippen LogP contribution in [0, 0.1) is 6.92 Å². The number of aromatic nitrogens is 5. The smallest absolute Gasteiger partial charge is 0.276 e. The quantitative estimate of drug-likeness (QED) is 0.727. The van der Waals surface area contributed by atoms with Gasteiger partial charge in [-0.2, -0.15) is 5.10 Å². The van der Waals surface area contributed by atoms with Gasteiger partial charge in [-0.05, 0) is 31.9 Å². The van der Waals surface area contributed by atoms with Gasteiger partial charge in [0.05, 0.1) is 17.5 Å². The van der Waals surface area contributed by atoms with Crippen LogP contribution in [0.2, 0.25) is 0 Å². The number of hydrogen-bond donors (Lipinski definition) is 1. The fraction of sp³-hybridized carbons (Fsp3) is 0.444. The van der Waals surface area contributed by atoms with Crippen molar-refractivity contribution in [1.29, 1.82) is 0 Å². The minimum Gasteiger partial charge on any atom is -0.332 e. The van der Waals surface area contributed by atoms with Gasteiger partial charge in [0.25, 0.3) is 17.4 Å². The molecule has 3 aromatic rings. The van der Waals surface area contributed by atoms with Crippen LogP contribution in [0.4, 0.5) is 8.78 Å². The molecular weight excluding hydrogens is 370 g/mol. The monoisotopic (exact) mass is 388 g/mol. The number of amides is 1. The van der Waals surface area contributed by atoms with Gasteiger partial charge < -0.3 is 4.90 Å². The van der Waals surface area contributed by atoms with Crippen molar-refractivity contribution in [3.05, 3.63) is 46.1 Å². The Kier molecular flexibility index (Phi) is 3.49. The zero-order chi connectivity index (χ0) is 19.6. The lowest BCUT2D eigenvalue weighted by Crippen LogP contribution is -2.50. The van der Waals surface area contributed by atoms with Crippen molar-refractivity contribution in [2.24, 2.45) is 0 Å². The molecule has 146 valence electrons. The summed E-state index contributed by atoms with van der Waals surface area (Å²) in [6, 6.07) is 2.45. The second-order valence-electron chi connectivity index (χ2n) is 7.53. The van der Waals surface area contributed by atoms with Crippen molar-refractivity contribution in [2.75, 3.05) is 0 Å². The van der Waals surface area contributed by atoms with Gasteiger partial charge in [-0.25, -0.2) is 18.0 Å². The molecule has 3 aromatic heterocycles. The molecule has 0 aliphatic carbocycles. The number of carbonyl (C=O) groups is 1. The fourth-order valence-corrected chi connectivity index (χ4v) is 4.47. The molecule has 2 atom stereocenters. The molecule has 2 aliphatic rings. The Labute approximate surface area is 157 Å². The van der Waals surface area contributed by atoms with Gasteiger partial charge in [-0.1, -0.05) is 0 Å².